The maximum absolute atomic E-state index is 13.8. The van der Waals surface area contributed by atoms with Gasteiger partial charge in [0.05, 0.1) is 33.7 Å². The van der Waals surface area contributed by atoms with E-state index in [1.54, 1.807) is 18.2 Å². The van der Waals surface area contributed by atoms with E-state index in [1.807, 2.05) is 63.2 Å². The molecule has 0 aliphatic rings. The zero-order chi connectivity index (χ0) is 32.2. The summed E-state index contributed by atoms with van der Waals surface area (Å²) >= 11 is 6.51. The van der Waals surface area contributed by atoms with Gasteiger partial charge in [-0.25, -0.2) is 4.98 Å². The van der Waals surface area contributed by atoms with Gasteiger partial charge in [-0.3, -0.25) is 14.9 Å². The summed E-state index contributed by atoms with van der Waals surface area (Å²) in [5.41, 5.74) is 4.61. The minimum absolute atomic E-state index is 0.0455. The largest absolute Gasteiger partial charge is 0.494 e. The Morgan fingerprint density at radius 1 is 1.04 bits per heavy atom. The molecular formula is C35H33ClN4O5. The number of hydrogen-bond donors (Lipinski definition) is 0. The first-order valence-electron chi connectivity index (χ1n) is 14.6. The molecule has 1 heterocycles. The topological polar surface area (TPSA) is 109 Å². The number of hydrogen-bond acceptors (Lipinski definition) is 7. The maximum Gasteiger partial charge on any atom is 0.313 e. The number of nitro groups is 1. The van der Waals surface area contributed by atoms with Gasteiger partial charge in [0.2, 0.25) is 5.75 Å². The molecule has 0 aliphatic heterocycles. The van der Waals surface area contributed by atoms with Gasteiger partial charge in [0, 0.05) is 17.2 Å². The Morgan fingerprint density at radius 3 is 2.47 bits per heavy atom. The number of aryl methyl sites for hydroxylation is 2. The van der Waals surface area contributed by atoms with Crippen molar-refractivity contribution in [2.24, 2.45) is 5.10 Å². The van der Waals surface area contributed by atoms with Crippen LogP contribution in [0.3, 0.4) is 0 Å². The zero-order valence-electron chi connectivity index (χ0n) is 25.7. The third-order valence-electron chi connectivity index (χ3n) is 7.34. The molecule has 0 bridgehead atoms. The van der Waals surface area contributed by atoms with Crippen molar-refractivity contribution in [3.63, 3.8) is 0 Å². The highest BCUT2D eigenvalue weighted by molar-refractivity contribution is 6.32. The molecule has 5 aromatic rings. The van der Waals surface area contributed by atoms with Gasteiger partial charge in [0.15, 0.2) is 5.82 Å². The van der Waals surface area contributed by atoms with Crippen LogP contribution in [0.15, 0.2) is 82.7 Å². The van der Waals surface area contributed by atoms with Crippen LogP contribution in [0.2, 0.25) is 5.02 Å². The molecule has 0 radical (unpaired) electrons. The van der Waals surface area contributed by atoms with Gasteiger partial charge in [-0.1, -0.05) is 67.4 Å². The number of halogens is 1. The number of fused-ring (bicyclic) bond motifs is 1. The van der Waals surface area contributed by atoms with E-state index in [0.717, 1.165) is 28.0 Å². The molecule has 230 valence electrons. The molecule has 0 unspecified atom stereocenters. The fourth-order valence-corrected chi connectivity index (χ4v) is 5.27. The van der Waals surface area contributed by atoms with Gasteiger partial charge >= 0.3 is 5.69 Å². The van der Waals surface area contributed by atoms with E-state index in [1.165, 1.54) is 23.0 Å². The molecule has 4 aromatic carbocycles. The van der Waals surface area contributed by atoms with Crippen LogP contribution in [-0.2, 0) is 6.61 Å². The summed E-state index contributed by atoms with van der Waals surface area (Å²) in [6, 6.07) is 21.5. The SMILES string of the molecule is CCOc1cc(C)c(-c2nc3ccccc3c(=O)n2N=Cc2cc(Cl)c(OCc3ccc(C)cc3)c([N+](=O)[O-])c2)cc1C(C)C. The minimum atomic E-state index is -0.556. The first-order valence-corrected chi connectivity index (χ1v) is 14.9. The van der Waals surface area contributed by atoms with Gasteiger partial charge in [-0.15, -0.1) is 0 Å². The summed E-state index contributed by atoms with van der Waals surface area (Å²) in [5, 5.41) is 17.0. The average molecular weight is 625 g/mol. The number of aromatic nitrogens is 2. The minimum Gasteiger partial charge on any atom is -0.494 e. The van der Waals surface area contributed by atoms with E-state index in [4.69, 9.17) is 26.1 Å². The van der Waals surface area contributed by atoms with Crippen LogP contribution in [0.25, 0.3) is 22.3 Å². The summed E-state index contributed by atoms with van der Waals surface area (Å²) in [6.45, 7) is 10.6. The van der Waals surface area contributed by atoms with E-state index in [-0.39, 0.29) is 34.5 Å². The van der Waals surface area contributed by atoms with E-state index < -0.39 is 4.92 Å². The smallest absolute Gasteiger partial charge is 0.313 e. The summed E-state index contributed by atoms with van der Waals surface area (Å²) in [6.07, 6.45) is 1.36. The Hall–Kier alpha value is -5.02. The Kier molecular flexibility index (Phi) is 9.29. The van der Waals surface area contributed by atoms with E-state index in [0.29, 0.717) is 34.5 Å². The number of nitro benzene ring substituents is 1. The van der Waals surface area contributed by atoms with Gasteiger partial charge in [-0.05, 0) is 73.7 Å². The lowest BCUT2D eigenvalue weighted by Gasteiger charge is -2.18. The lowest BCUT2D eigenvalue weighted by molar-refractivity contribution is -0.385. The molecule has 0 fully saturated rings. The molecule has 0 amide bonds. The van der Waals surface area contributed by atoms with Crippen molar-refractivity contribution in [1.29, 1.82) is 0 Å². The quantitative estimate of drug-likeness (QED) is 0.0879. The highest BCUT2D eigenvalue weighted by Gasteiger charge is 2.22. The molecular weight excluding hydrogens is 592 g/mol. The lowest BCUT2D eigenvalue weighted by Crippen LogP contribution is -2.21. The fourth-order valence-electron chi connectivity index (χ4n) is 4.99. The van der Waals surface area contributed by atoms with Crippen LogP contribution in [0.1, 0.15) is 54.5 Å². The average Bonchev–Trinajstić information content (AvgIpc) is 3.00. The molecule has 9 nitrogen and oxygen atoms in total. The van der Waals surface area contributed by atoms with Gasteiger partial charge in [-0.2, -0.15) is 9.78 Å². The van der Waals surface area contributed by atoms with E-state index in [9.17, 15) is 14.9 Å². The number of nitrogens with zero attached hydrogens (tertiary/aromatic N) is 4. The van der Waals surface area contributed by atoms with Crippen molar-refractivity contribution in [2.45, 2.75) is 47.1 Å². The Morgan fingerprint density at radius 2 is 1.78 bits per heavy atom. The third kappa shape index (κ3) is 6.73. The Bertz CT molecular complexity index is 1980. The molecule has 0 N–H and O–H groups in total. The van der Waals surface area contributed by atoms with Crippen LogP contribution >= 0.6 is 11.6 Å². The summed E-state index contributed by atoms with van der Waals surface area (Å²) in [7, 11) is 0. The summed E-state index contributed by atoms with van der Waals surface area (Å²) < 4.78 is 12.9. The second kappa shape index (κ2) is 13.3. The van der Waals surface area contributed by atoms with Crippen molar-refractivity contribution in [2.75, 3.05) is 6.61 Å². The fraction of sp³-hybridized carbons (Fsp3) is 0.229. The molecule has 10 heteroatoms. The second-order valence-corrected chi connectivity index (χ2v) is 11.4. The van der Waals surface area contributed by atoms with Crippen LogP contribution in [0.4, 0.5) is 5.69 Å². The van der Waals surface area contributed by atoms with Crippen molar-refractivity contribution >= 4 is 34.4 Å². The molecule has 0 saturated carbocycles. The summed E-state index contributed by atoms with van der Waals surface area (Å²) in [5.74, 6) is 1.20. The van der Waals surface area contributed by atoms with Crippen LogP contribution in [0, 0.1) is 24.0 Å². The molecule has 0 atom stereocenters. The molecule has 0 spiro atoms. The first kappa shape index (κ1) is 31.4. The highest BCUT2D eigenvalue weighted by Crippen LogP contribution is 2.37. The van der Waals surface area contributed by atoms with Crippen molar-refractivity contribution < 1.29 is 14.4 Å². The van der Waals surface area contributed by atoms with Crippen molar-refractivity contribution in [3.05, 3.63) is 126 Å². The number of ether oxygens (including phenoxy) is 2. The standard InChI is InChI=1S/C35H33ClN4O5/c1-6-44-32-15-23(5)28(18-27(32)21(2)3)34-38-30-10-8-7-9-26(30)35(41)39(34)37-19-25-16-29(36)33(31(17-25)40(42)43)45-20-24-13-11-22(4)12-14-24/h7-19,21H,6,20H2,1-5H3. The normalized spacial score (nSPS) is 11.4. The first-order chi connectivity index (χ1) is 21.6. The Balaban J connectivity index is 1.61. The zero-order valence-corrected chi connectivity index (χ0v) is 26.5. The Labute approximate surface area is 265 Å². The lowest BCUT2D eigenvalue weighted by atomic mass is 9.96. The molecule has 5 rings (SSSR count). The third-order valence-corrected chi connectivity index (χ3v) is 7.62. The van der Waals surface area contributed by atoms with Gasteiger partial charge in [0.25, 0.3) is 5.56 Å². The van der Waals surface area contributed by atoms with Crippen molar-refractivity contribution in [3.8, 4) is 22.9 Å². The molecule has 0 saturated heterocycles. The number of para-hydroxylation sites is 1. The maximum atomic E-state index is 13.8. The number of rotatable bonds is 10. The van der Waals surface area contributed by atoms with E-state index >= 15 is 0 Å². The highest BCUT2D eigenvalue weighted by atomic mass is 35.5. The van der Waals surface area contributed by atoms with Gasteiger partial charge in [0.1, 0.15) is 12.4 Å². The predicted molar refractivity (Wildman–Crippen MR) is 178 cm³/mol. The van der Waals surface area contributed by atoms with Gasteiger partial charge < -0.3 is 9.47 Å². The van der Waals surface area contributed by atoms with Crippen molar-refractivity contribution in [1.82, 2.24) is 9.66 Å². The molecule has 1 aromatic heterocycles. The van der Waals surface area contributed by atoms with Crippen LogP contribution in [-0.4, -0.2) is 27.4 Å². The van der Waals surface area contributed by atoms with Crippen LogP contribution < -0.4 is 15.0 Å². The number of benzene rings is 4. The second-order valence-electron chi connectivity index (χ2n) is 11.0. The monoisotopic (exact) mass is 624 g/mol. The predicted octanol–water partition coefficient (Wildman–Crippen LogP) is 8.23. The summed E-state index contributed by atoms with van der Waals surface area (Å²) in [4.78, 5) is 30.1. The van der Waals surface area contributed by atoms with E-state index in [2.05, 4.69) is 18.9 Å². The molecule has 45 heavy (non-hydrogen) atoms. The van der Waals surface area contributed by atoms with Crippen LogP contribution in [0.5, 0.6) is 11.5 Å². The molecule has 0 aliphatic carbocycles.